The van der Waals surface area contributed by atoms with Gasteiger partial charge in [0.25, 0.3) is 10.0 Å². The van der Waals surface area contributed by atoms with Crippen molar-refractivity contribution in [2.75, 3.05) is 13.6 Å². The van der Waals surface area contributed by atoms with Crippen LogP contribution >= 0.6 is 11.3 Å². The van der Waals surface area contributed by atoms with Crippen molar-refractivity contribution in [3.8, 4) is 0 Å². The van der Waals surface area contributed by atoms with E-state index in [4.69, 9.17) is 4.42 Å². The van der Waals surface area contributed by atoms with Gasteiger partial charge < -0.3 is 9.73 Å². The van der Waals surface area contributed by atoms with Crippen molar-refractivity contribution in [2.45, 2.75) is 31.5 Å². The molecule has 0 radical (unpaired) electrons. The van der Waals surface area contributed by atoms with Crippen LogP contribution in [0.2, 0.25) is 0 Å². The maximum Gasteiger partial charge on any atom is 0.276 e. The van der Waals surface area contributed by atoms with E-state index < -0.39 is 10.0 Å². The molecule has 2 aromatic rings. The molecule has 0 aliphatic carbocycles. The Morgan fingerprint density at radius 1 is 1.33 bits per heavy atom. The molecule has 0 unspecified atom stereocenters. The quantitative estimate of drug-likeness (QED) is 0.757. The second-order valence-corrected chi connectivity index (χ2v) is 7.75. The Bertz CT molecular complexity index is 648. The number of furan rings is 1. The normalized spacial score (nSPS) is 12.1. The third-order valence-electron chi connectivity index (χ3n) is 2.99. The minimum Gasteiger partial charge on any atom is -0.447 e. The first kappa shape index (κ1) is 16.2. The molecule has 0 fully saturated rings. The zero-order valence-electron chi connectivity index (χ0n) is 12.2. The molecule has 0 aliphatic heterocycles. The molecule has 0 saturated heterocycles. The lowest BCUT2D eigenvalue weighted by Crippen LogP contribution is -2.25. The van der Waals surface area contributed by atoms with E-state index >= 15 is 0 Å². The molecule has 0 saturated carbocycles. The van der Waals surface area contributed by atoms with Crippen molar-refractivity contribution in [1.29, 1.82) is 0 Å². The fourth-order valence-electron chi connectivity index (χ4n) is 1.84. The first-order valence-electron chi connectivity index (χ1n) is 6.82. The van der Waals surface area contributed by atoms with Crippen LogP contribution < -0.4 is 5.32 Å². The molecule has 2 heterocycles. The average molecular weight is 328 g/mol. The summed E-state index contributed by atoms with van der Waals surface area (Å²) in [5, 5.41) is 5.11. The van der Waals surface area contributed by atoms with Crippen LogP contribution in [0.1, 0.15) is 24.0 Å². The Balaban J connectivity index is 2.04. The number of hydrogen-bond donors (Lipinski definition) is 1. The molecule has 116 valence electrons. The van der Waals surface area contributed by atoms with E-state index in [9.17, 15) is 8.42 Å². The van der Waals surface area contributed by atoms with Crippen LogP contribution in [0.3, 0.4) is 0 Å². The van der Waals surface area contributed by atoms with Crippen molar-refractivity contribution in [3.63, 3.8) is 0 Å². The molecule has 2 aromatic heterocycles. The van der Waals surface area contributed by atoms with E-state index in [1.165, 1.54) is 21.7 Å². The van der Waals surface area contributed by atoms with Crippen LogP contribution in [-0.4, -0.2) is 26.3 Å². The van der Waals surface area contributed by atoms with E-state index in [0.717, 1.165) is 17.8 Å². The van der Waals surface area contributed by atoms with E-state index in [2.05, 4.69) is 12.2 Å². The summed E-state index contributed by atoms with van der Waals surface area (Å²) in [6, 6.07) is 7.04. The monoisotopic (exact) mass is 328 g/mol. The summed E-state index contributed by atoms with van der Waals surface area (Å²) in [7, 11) is -2.02. The third-order valence-corrected chi connectivity index (χ3v) is 5.52. The largest absolute Gasteiger partial charge is 0.447 e. The molecule has 0 atom stereocenters. The zero-order valence-corrected chi connectivity index (χ0v) is 13.8. The van der Waals surface area contributed by atoms with Gasteiger partial charge in [-0.05, 0) is 36.5 Å². The van der Waals surface area contributed by atoms with Crippen LogP contribution in [0.5, 0.6) is 0 Å². The lowest BCUT2D eigenvalue weighted by Gasteiger charge is -2.14. The predicted octanol–water partition coefficient (Wildman–Crippen LogP) is 2.66. The highest BCUT2D eigenvalue weighted by Gasteiger charge is 2.24. The Morgan fingerprint density at radius 3 is 2.81 bits per heavy atom. The summed E-state index contributed by atoms with van der Waals surface area (Å²) in [5.41, 5.74) is 0. The highest BCUT2D eigenvalue weighted by atomic mass is 32.2. The fraction of sp³-hybridized carbons (Fsp3) is 0.429. The van der Waals surface area contributed by atoms with Gasteiger partial charge in [0.05, 0.1) is 6.54 Å². The maximum absolute atomic E-state index is 12.4. The van der Waals surface area contributed by atoms with Crippen LogP contribution in [0.25, 0.3) is 0 Å². The van der Waals surface area contributed by atoms with E-state index in [0.29, 0.717) is 18.8 Å². The Hall–Kier alpha value is -1.15. The summed E-state index contributed by atoms with van der Waals surface area (Å²) >= 11 is 1.53. The topological polar surface area (TPSA) is 62.6 Å². The van der Waals surface area contributed by atoms with Gasteiger partial charge in [0.1, 0.15) is 5.76 Å². The van der Waals surface area contributed by atoms with E-state index in [1.807, 2.05) is 17.5 Å². The highest BCUT2D eigenvalue weighted by Crippen LogP contribution is 2.21. The average Bonchev–Trinajstić information content (AvgIpc) is 3.10. The molecule has 1 N–H and O–H groups in total. The Kier molecular flexibility index (Phi) is 5.58. The highest BCUT2D eigenvalue weighted by molar-refractivity contribution is 7.88. The van der Waals surface area contributed by atoms with Crippen LogP contribution in [0, 0.1) is 0 Å². The minimum absolute atomic E-state index is 0.00476. The molecule has 0 bridgehead atoms. The number of sulfonamides is 1. The summed E-state index contributed by atoms with van der Waals surface area (Å²) in [4.78, 5) is 0.998. The van der Waals surface area contributed by atoms with Crippen molar-refractivity contribution < 1.29 is 12.8 Å². The van der Waals surface area contributed by atoms with Gasteiger partial charge >= 0.3 is 0 Å². The van der Waals surface area contributed by atoms with Gasteiger partial charge in [0.2, 0.25) is 5.09 Å². The summed E-state index contributed by atoms with van der Waals surface area (Å²) in [6.45, 7) is 3.84. The SMILES string of the molecule is CCCNCc1ccc(S(=O)(=O)N(C)Cc2cccs2)o1. The van der Waals surface area contributed by atoms with Gasteiger partial charge in [0, 0.05) is 18.5 Å². The van der Waals surface area contributed by atoms with Gasteiger partial charge in [-0.3, -0.25) is 0 Å². The van der Waals surface area contributed by atoms with E-state index in [-0.39, 0.29) is 5.09 Å². The van der Waals surface area contributed by atoms with Gasteiger partial charge in [-0.15, -0.1) is 11.3 Å². The van der Waals surface area contributed by atoms with E-state index in [1.54, 1.807) is 13.1 Å². The van der Waals surface area contributed by atoms with Crippen molar-refractivity contribution in [2.24, 2.45) is 0 Å². The molecule has 0 aliphatic rings. The Morgan fingerprint density at radius 2 is 2.14 bits per heavy atom. The third kappa shape index (κ3) is 4.16. The van der Waals surface area contributed by atoms with Crippen LogP contribution in [0.4, 0.5) is 0 Å². The zero-order chi connectivity index (χ0) is 15.3. The predicted molar refractivity (Wildman–Crippen MR) is 83.7 cm³/mol. The molecule has 5 nitrogen and oxygen atoms in total. The first-order chi connectivity index (χ1) is 10.0. The smallest absolute Gasteiger partial charge is 0.276 e. The molecule has 0 aromatic carbocycles. The van der Waals surface area contributed by atoms with Gasteiger partial charge in [-0.25, -0.2) is 8.42 Å². The van der Waals surface area contributed by atoms with Crippen LogP contribution in [0.15, 0.2) is 39.2 Å². The first-order valence-corrected chi connectivity index (χ1v) is 9.14. The van der Waals surface area contributed by atoms with Gasteiger partial charge in [-0.1, -0.05) is 13.0 Å². The molecule has 2 rings (SSSR count). The van der Waals surface area contributed by atoms with Crippen molar-refractivity contribution >= 4 is 21.4 Å². The molecular weight excluding hydrogens is 308 g/mol. The molecular formula is C14H20N2O3S2. The molecule has 0 spiro atoms. The lowest BCUT2D eigenvalue weighted by molar-refractivity contribution is 0.380. The van der Waals surface area contributed by atoms with Crippen molar-refractivity contribution in [1.82, 2.24) is 9.62 Å². The number of thiophene rings is 1. The number of nitrogens with zero attached hydrogens (tertiary/aromatic N) is 1. The maximum atomic E-state index is 12.4. The molecule has 7 heteroatoms. The number of nitrogens with one attached hydrogen (secondary N) is 1. The second-order valence-electron chi connectivity index (χ2n) is 4.74. The fourth-order valence-corrected chi connectivity index (χ4v) is 3.75. The lowest BCUT2D eigenvalue weighted by atomic mass is 10.4. The summed E-state index contributed by atoms with van der Waals surface area (Å²) in [5.74, 6) is 0.631. The Labute approximate surface area is 129 Å². The molecule has 0 amide bonds. The molecule has 21 heavy (non-hydrogen) atoms. The van der Waals surface area contributed by atoms with Crippen molar-refractivity contribution in [3.05, 3.63) is 40.3 Å². The van der Waals surface area contributed by atoms with Gasteiger partial charge in [-0.2, -0.15) is 4.31 Å². The summed E-state index contributed by atoms with van der Waals surface area (Å²) in [6.07, 6.45) is 1.02. The number of hydrogen-bond acceptors (Lipinski definition) is 5. The van der Waals surface area contributed by atoms with Crippen LogP contribution in [-0.2, 0) is 23.1 Å². The second kappa shape index (κ2) is 7.22. The standard InChI is InChI=1S/C14H20N2O3S2/c1-3-8-15-10-12-6-7-14(19-12)21(17,18)16(2)11-13-5-4-9-20-13/h4-7,9,15H,3,8,10-11H2,1-2H3. The van der Waals surface area contributed by atoms with Gasteiger partial charge in [0.15, 0.2) is 0 Å². The number of rotatable bonds is 8. The minimum atomic E-state index is -3.58. The summed E-state index contributed by atoms with van der Waals surface area (Å²) < 4.78 is 31.6.